The van der Waals surface area contributed by atoms with E-state index in [2.05, 4.69) is 15.0 Å². The van der Waals surface area contributed by atoms with Crippen molar-refractivity contribution in [2.24, 2.45) is 7.05 Å². The quantitative estimate of drug-likeness (QED) is 0.606. The lowest BCUT2D eigenvalue weighted by atomic mass is 10.2. The first-order valence-corrected chi connectivity index (χ1v) is 8.06. The van der Waals surface area contributed by atoms with Gasteiger partial charge in [0.25, 0.3) is 5.91 Å². The molecule has 1 fully saturated rings. The van der Waals surface area contributed by atoms with Gasteiger partial charge in [0.05, 0.1) is 4.92 Å². The SMILES string of the molecule is Cc1c([N+](=O)[O-])c(C(=O)N2CCN(Cc3cccnc3)CC2)nn1C. The van der Waals surface area contributed by atoms with Gasteiger partial charge < -0.3 is 4.90 Å². The number of hydrogen-bond acceptors (Lipinski definition) is 6. The van der Waals surface area contributed by atoms with Crippen molar-refractivity contribution in [3.05, 3.63) is 51.6 Å². The molecule has 1 saturated heterocycles. The van der Waals surface area contributed by atoms with E-state index in [1.165, 1.54) is 4.68 Å². The van der Waals surface area contributed by atoms with E-state index in [4.69, 9.17) is 0 Å². The molecule has 2 aromatic rings. The monoisotopic (exact) mass is 344 g/mol. The van der Waals surface area contributed by atoms with Crippen LogP contribution in [0.15, 0.2) is 24.5 Å². The first-order valence-electron chi connectivity index (χ1n) is 8.06. The van der Waals surface area contributed by atoms with Gasteiger partial charge >= 0.3 is 5.69 Å². The van der Waals surface area contributed by atoms with Crippen LogP contribution in [0.25, 0.3) is 0 Å². The van der Waals surface area contributed by atoms with E-state index in [9.17, 15) is 14.9 Å². The highest BCUT2D eigenvalue weighted by Gasteiger charge is 2.33. The van der Waals surface area contributed by atoms with Crippen LogP contribution in [0.2, 0.25) is 0 Å². The van der Waals surface area contributed by atoms with Crippen molar-refractivity contribution < 1.29 is 9.72 Å². The van der Waals surface area contributed by atoms with Crippen LogP contribution in [0.4, 0.5) is 5.69 Å². The topological polar surface area (TPSA) is 97.4 Å². The summed E-state index contributed by atoms with van der Waals surface area (Å²) in [6.45, 7) is 4.82. The van der Waals surface area contributed by atoms with Crippen LogP contribution in [0.3, 0.4) is 0 Å². The van der Waals surface area contributed by atoms with E-state index in [1.807, 2.05) is 18.3 Å². The fraction of sp³-hybridized carbons (Fsp3) is 0.438. The molecule has 3 rings (SSSR count). The Bertz CT molecular complexity index is 781. The average Bonchev–Trinajstić information content (AvgIpc) is 2.91. The minimum atomic E-state index is -0.534. The second kappa shape index (κ2) is 6.98. The standard InChI is InChI=1S/C16H20N6O3/c1-12-15(22(24)25)14(18-19(12)2)16(23)21-8-6-20(7-9-21)11-13-4-3-5-17-10-13/h3-5,10H,6-9,11H2,1-2H3. The van der Waals surface area contributed by atoms with E-state index in [0.29, 0.717) is 31.9 Å². The van der Waals surface area contributed by atoms with Crippen molar-refractivity contribution in [1.29, 1.82) is 0 Å². The molecule has 132 valence electrons. The van der Waals surface area contributed by atoms with Crippen LogP contribution in [-0.4, -0.2) is 61.6 Å². The number of nitro groups is 1. The summed E-state index contributed by atoms with van der Waals surface area (Å²) >= 11 is 0. The molecule has 9 nitrogen and oxygen atoms in total. The molecule has 1 amide bonds. The van der Waals surface area contributed by atoms with Gasteiger partial charge in [-0.05, 0) is 18.6 Å². The molecule has 0 saturated carbocycles. The second-order valence-electron chi connectivity index (χ2n) is 6.09. The van der Waals surface area contributed by atoms with Gasteiger partial charge in [0.1, 0.15) is 5.69 Å². The normalized spacial score (nSPS) is 15.4. The molecule has 0 aromatic carbocycles. The van der Waals surface area contributed by atoms with Crippen LogP contribution >= 0.6 is 0 Å². The van der Waals surface area contributed by atoms with Crippen molar-refractivity contribution in [2.45, 2.75) is 13.5 Å². The Morgan fingerprint density at radius 2 is 2.04 bits per heavy atom. The number of pyridine rings is 1. The summed E-state index contributed by atoms with van der Waals surface area (Å²) in [5.74, 6) is -0.378. The van der Waals surface area contributed by atoms with Gasteiger partial charge in [-0.15, -0.1) is 0 Å². The van der Waals surface area contributed by atoms with Crippen LogP contribution in [0.1, 0.15) is 21.7 Å². The number of amides is 1. The summed E-state index contributed by atoms with van der Waals surface area (Å²) < 4.78 is 1.38. The lowest BCUT2D eigenvalue weighted by Crippen LogP contribution is -2.48. The molecule has 1 aliphatic heterocycles. The molecule has 0 atom stereocenters. The van der Waals surface area contributed by atoms with Crippen LogP contribution in [-0.2, 0) is 13.6 Å². The number of aryl methyl sites for hydroxylation is 1. The zero-order chi connectivity index (χ0) is 18.0. The molecule has 0 spiro atoms. The minimum absolute atomic E-state index is 0.0780. The number of carbonyl (C=O) groups excluding carboxylic acids is 1. The maximum Gasteiger partial charge on any atom is 0.322 e. The number of rotatable bonds is 4. The van der Waals surface area contributed by atoms with Gasteiger partial charge in [0, 0.05) is 52.2 Å². The number of hydrogen-bond donors (Lipinski definition) is 0. The Hall–Kier alpha value is -2.81. The highest BCUT2D eigenvalue weighted by atomic mass is 16.6. The Labute approximate surface area is 145 Å². The molecule has 0 aliphatic carbocycles. The molecular weight excluding hydrogens is 324 g/mol. The van der Waals surface area contributed by atoms with Crippen molar-refractivity contribution in [3.8, 4) is 0 Å². The maximum absolute atomic E-state index is 12.7. The van der Waals surface area contributed by atoms with Gasteiger partial charge in [-0.2, -0.15) is 5.10 Å². The summed E-state index contributed by atoms with van der Waals surface area (Å²) in [6, 6.07) is 3.92. The van der Waals surface area contributed by atoms with Crippen LogP contribution in [0, 0.1) is 17.0 Å². The van der Waals surface area contributed by atoms with Crippen LogP contribution in [0.5, 0.6) is 0 Å². The van der Waals surface area contributed by atoms with Crippen LogP contribution < -0.4 is 0 Å². The van der Waals surface area contributed by atoms with E-state index in [0.717, 1.165) is 12.1 Å². The second-order valence-corrected chi connectivity index (χ2v) is 6.09. The lowest BCUT2D eigenvalue weighted by molar-refractivity contribution is -0.385. The zero-order valence-corrected chi connectivity index (χ0v) is 14.3. The molecule has 3 heterocycles. The summed E-state index contributed by atoms with van der Waals surface area (Å²) in [7, 11) is 1.60. The lowest BCUT2D eigenvalue weighted by Gasteiger charge is -2.34. The zero-order valence-electron chi connectivity index (χ0n) is 14.3. The molecule has 0 unspecified atom stereocenters. The summed E-state index contributed by atoms with van der Waals surface area (Å²) in [4.78, 5) is 31.4. The Morgan fingerprint density at radius 3 is 2.64 bits per heavy atom. The predicted octanol–water partition coefficient (Wildman–Crippen LogP) is 0.990. The smallest absolute Gasteiger partial charge is 0.322 e. The third kappa shape index (κ3) is 3.50. The predicted molar refractivity (Wildman–Crippen MR) is 90.0 cm³/mol. The maximum atomic E-state index is 12.7. The average molecular weight is 344 g/mol. The molecule has 25 heavy (non-hydrogen) atoms. The Kier molecular flexibility index (Phi) is 4.75. The van der Waals surface area contributed by atoms with Gasteiger partial charge in [0.2, 0.25) is 5.69 Å². The molecule has 2 aromatic heterocycles. The van der Waals surface area contributed by atoms with Crippen molar-refractivity contribution in [1.82, 2.24) is 24.6 Å². The largest absolute Gasteiger partial charge is 0.334 e. The molecular formula is C16H20N6O3. The third-order valence-electron chi connectivity index (χ3n) is 4.48. The number of aromatic nitrogens is 3. The number of nitrogens with zero attached hydrogens (tertiary/aromatic N) is 6. The highest BCUT2D eigenvalue weighted by molar-refractivity contribution is 5.96. The molecule has 0 bridgehead atoms. The van der Waals surface area contributed by atoms with Gasteiger partial charge in [-0.25, -0.2) is 0 Å². The summed E-state index contributed by atoms with van der Waals surface area (Å²) in [5.41, 5.74) is 1.22. The van der Waals surface area contributed by atoms with E-state index < -0.39 is 4.92 Å². The fourth-order valence-corrected chi connectivity index (χ4v) is 2.97. The number of piperazine rings is 1. The van der Waals surface area contributed by atoms with Gasteiger partial charge in [-0.3, -0.25) is 29.5 Å². The Morgan fingerprint density at radius 1 is 1.32 bits per heavy atom. The van der Waals surface area contributed by atoms with Crippen molar-refractivity contribution >= 4 is 11.6 Å². The van der Waals surface area contributed by atoms with Gasteiger partial charge in [0.15, 0.2) is 0 Å². The number of carbonyl (C=O) groups is 1. The first-order chi connectivity index (χ1) is 12.0. The van der Waals surface area contributed by atoms with Crippen molar-refractivity contribution in [2.75, 3.05) is 26.2 Å². The van der Waals surface area contributed by atoms with E-state index >= 15 is 0 Å². The summed E-state index contributed by atoms with van der Waals surface area (Å²) in [6.07, 6.45) is 3.57. The van der Waals surface area contributed by atoms with Crippen molar-refractivity contribution in [3.63, 3.8) is 0 Å². The Balaban J connectivity index is 1.66. The first kappa shape index (κ1) is 17.0. The molecule has 9 heteroatoms. The molecule has 0 N–H and O–H groups in total. The van der Waals surface area contributed by atoms with E-state index in [-0.39, 0.29) is 17.3 Å². The molecule has 1 aliphatic rings. The molecule has 0 radical (unpaired) electrons. The highest BCUT2D eigenvalue weighted by Crippen LogP contribution is 2.24. The van der Waals surface area contributed by atoms with Gasteiger partial charge in [-0.1, -0.05) is 6.07 Å². The fourth-order valence-electron chi connectivity index (χ4n) is 2.97. The third-order valence-corrected chi connectivity index (χ3v) is 4.48. The summed E-state index contributed by atoms with van der Waals surface area (Å²) in [5, 5.41) is 15.3. The minimum Gasteiger partial charge on any atom is -0.334 e. The van der Waals surface area contributed by atoms with E-state index in [1.54, 1.807) is 25.1 Å².